The zero-order chi connectivity index (χ0) is 8.72. The van der Waals surface area contributed by atoms with Gasteiger partial charge in [-0.1, -0.05) is 11.6 Å². The average Bonchev–Trinajstić information content (AvgIpc) is 2.42. The van der Waals surface area contributed by atoms with Gasteiger partial charge in [-0.2, -0.15) is 5.10 Å². The number of halogens is 2. The maximum atomic E-state index is 13.1. The van der Waals surface area contributed by atoms with E-state index in [1.54, 1.807) is 13.2 Å². The first-order valence-corrected chi connectivity index (χ1v) is 3.83. The van der Waals surface area contributed by atoms with E-state index in [1.165, 1.54) is 16.8 Å². The third-order valence-electron chi connectivity index (χ3n) is 1.80. The number of hydrogen-bond acceptors (Lipinski definition) is 1. The molecule has 0 saturated heterocycles. The Labute approximate surface area is 73.6 Å². The van der Waals surface area contributed by atoms with E-state index < -0.39 is 0 Å². The van der Waals surface area contributed by atoms with Gasteiger partial charge in [0.1, 0.15) is 11.3 Å². The Bertz CT molecular complexity index is 436. The van der Waals surface area contributed by atoms with Crippen molar-refractivity contribution in [2.24, 2.45) is 7.05 Å². The number of fused-ring (bicyclic) bond motifs is 1. The molecule has 1 aromatic carbocycles. The van der Waals surface area contributed by atoms with Crippen molar-refractivity contribution in [2.45, 2.75) is 0 Å². The highest BCUT2D eigenvalue weighted by atomic mass is 35.5. The lowest BCUT2D eigenvalue weighted by Crippen LogP contribution is -1.91. The predicted molar refractivity (Wildman–Crippen MR) is 45.7 cm³/mol. The van der Waals surface area contributed by atoms with Crippen LogP contribution in [-0.4, -0.2) is 9.78 Å². The molecule has 0 amide bonds. The normalized spacial score (nSPS) is 10.9. The third kappa shape index (κ3) is 0.898. The van der Waals surface area contributed by atoms with Crippen molar-refractivity contribution in [1.82, 2.24) is 9.78 Å². The summed E-state index contributed by atoms with van der Waals surface area (Å²) in [5, 5.41) is 5.09. The van der Waals surface area contributed by atoms with E-state index in [9.17, 15) is 4.39 Å². The molecule has 0 radical (unpaired) electrons. The molecule has 0 aliphatic heterocycles. The van der Waals surface area contributed by atoms with Gasteiger partial charge in [-0.3, -0.25) is 4.68 Å². The molecule has 12 heavy (non-hydrogen) atoms. The molecule has 0 saturated carbocycles. The summed E-state index contributed by atoms with van der Waals surface area (Å²) in [5.41, 5.74) is 0.447. The van der Waals surface area contributed by atoms with Crippen molar-refractivity contribution < 1.29 is 4.39 Å². The minimum Gasteiger partial charge on any atom is -0.265 e. The molecule has 0 aliphatic rings. The molecular weight excluding hydrogens is 179 g/mol. The summed E-state index contributed by atoms with van der Waals surface area (Å²) in [6, 6.07) is 2.87. The highest BCUT2D eigenvalue weighted by molar-refractivity contribution is 6.35. The first kappa shape index (κ1) is 7.55. The highest BCUT2D eigenvalue weighted by Crippen LogP contribution is 2.24. The molecule has 2 rings (SSSR count). The number of aromatic nitrogens is 2. The van der Waals surface area contributed by atoms with Crippen LogP contribution in [-0.2, 0) is 7.05 Å². The molecule has 2 nitrogen and oxygen atoms in total. The largest absolute Gasteiger partial charge is 0.265 e. The summed E-state index contributed by atoms with van der Waals surface area (Å²) in [5.74, 6) is -0.297. The standard InChI is InChI=1S/C8H6ClFN2/c1-12-8-5(4-11-12)6(9)2-3-7(8)10/h2-4H,1H3. The zero-order valence-electron chi connectivity index (χ0n) is 6.38. The monoisotopic (exact) mass is 184 g/mol. The van der Waals surface area contributed by atoms with E-state index in [4.69, 9.17) is 11.6 Å². The molecule has 0 unspecified atom stereocenters. The van der Waals surface area contributed by atoms with E-state index in [-0.39, 0.29) is 5.82 Å². The molecule has 1 heterocycles. The van der Waals surface area contributed by atoms with Crippen LogP contribution in [0.25, 0.3) is 10.9 Å². The van der Waals surface area contributed by atoms with Crippen LogP contribution < -0.4 is 0 Å². The molecule has 0 spiro atoms. The van der Waals surface area contributed by atoms with Crippen molar-refractivity contribution in [3.63, 3.8) is 0 Å². The van der Waals surface area contributed by atoms with Crippen LogP contribution in [0.3, 0.4) is 0 Å². The molecule has 0 bridgehead atoms. The van der Waals surface area contributed by atoms with E-state index in [2.05, 4.69) is 5.10 Å². The topological polar surface area (TPSA) is 17.8 Å². The summed E-state index contributed by atoms with van der Waals surface area (Å²) >= 11 is 5.82. The van der Waals surface area contributed by atoms with Gasteiger partial charge < -0.3 is 0 Å². The zero-order valence-corrected chi connectivity index (χ0v) is 7.14. The van der Waals surface area contributed by atoms with Crippen LogP contribution in [0.1, 0.15) is 0 Å². The van der Waals surface area contributed by atoms with E-state index in [0.29, 0.717) is 15.9 Å². The molecule has 0 atom stereocenters. The maximum absolute atomic E-state index is 13.1. The molecule has 1 aromatic heterocycles. The first-order valence-electron chi connectivity index (χ1n) is 3.46. The minimum atomic E-state index is -0.297. The Morgan fingerprint density at radius 3 is 2.92 bits per heavy atom. The van der Waals surface area contributed by atoms with Crippen LogP contribution in [0, 0.1) is 5.82 Å². The Balaban J connectivity index is 2.98. The minimum absolute atomic E-state index is 0.297. The number of rotatable bonds is 0. The molecule has 0 aliphatic carbocycles. The van der Waals surface area contributed by atoms with Crippen molar-refractivity contribution in [1.29, 1.82) is 0 Å². The van der Waals surface area contributed by atoms with Crippen LogP contribution in [0.2, 0.25) is 5.02 Å². The van der Waals surface area contributed by atoms with Gasteiger partial charge in [-0.25, -0.2) is 4.39 Å². The molecule has 62 valence electrons. The Morgan fingerprint density at radius 2 is 2.25 bits per heavy atom. The fourth-order valence-electron chi connectivity index (χ4n) is 1.21. The Hall–Kier alpha value is -1.09. The summed E-state index contributed by atoms with van der Waals surface area (Å²) in [6.45, 7) is 0. The van der Waals surface area contributed by atoms with Crippen LogP contribution in [0.4, 0.5) is 4.39 Å². The first-order chi connectivity index (χ1) is 5.70. The average molecular weight is 185 g/mol. The van der Waals surface area contributed by atoms with Gasteiger partial charge in [0, 0.05) is 12.4 Å². The van der Waals surface area contributed by atoms with Crippen molar-refractivity contribution in [3.8, 4) is 0 Å². The summed E-state index contributed by atoms with van der Waals surface area (Å²) in [4.78, 5) is 0. The van der Waals surface area contributed by atoms with Crippen molar-refractivity contribution >= 4 is 22.5 Å². The number of aryl methyl sites for hydroxylation is 1. The van der Waals surface area contributed by atoms with Gasteiger partial charge >= 0.3 is 0 Å². The van der Waals surface area contributed by atoms with Crippen LogP contribution in [0.15, 0.2) is 18.3 Å². The second kappa shape index (κ2) is 2.45. The van der Waals surface area contributed by atoms with Gasteiger partial charge in [0.05, 0.1) is 11.2 Å². The molecule has 0 N–H and O–H groups in total. The highest BCUT2D eigenvalue weighted by Gasteiger charge is 2.07. The lowest BCUT2D eigenvalue weighted by molar-refractivity contribution is 0.625. The van der Waals surface area contributed by atoms with E-state index >= 15 is 0 Å². The van der Waals surface area contributed by atoms with E-state index in [0.717, 1.165) is 0 Å². The van der Waals surface area contributed by atoms with Crippen LogP contribution >= 0.6 is 11.6 Å². The fraction of sp³-hybridized carbons (Fsp3) is 0.125. The van der Waals surface area contributed by atoms with Gasteiger partial charge in [0.15, 0.2) is 0 Å². The van der Waals surface area contributed by atoms with Crippen molar-refractivity contribution in [3.05, 3.63) is 29.2 Å². The second-order valence-electron chi connectivity index (χ2n) is 2.56. The van der Waals surface area contributed by atoms with Gasteiger partial charge in [0.25, 0.3) is 0 Å². The summed E-state index contributed by atoms with van der Waals surface area (Å²) in [6.07, 6.45) is 1.56. The summed E-state index contributed by atoms with van der Waals surface area (Å²) < 4.78 is 14.6. The number of hydrogen-bond donors (Lipinski definition) is 0. The molecule has 2 aromatic rings. The maximum Gasteiger partial charge on any atom is 0.149 e. The van der Waals surface area contributed by atoms with Gasteiger partial charge in [-0.15, -0.1) is 0 Å². The Kier molecular flexibility index (Phi) is 1.54. The molecule has 0 fully saturated rings. The number of benzene rings is 1. The Morgan fingerprint density at radius 1 is 1.50 bits per heavy atom. The van der Waals surface area contributed by atoms with E-state index in [1.807, 2.05) is 0 Å². The lowest BCUT2D eigenvalue weighted by atomic mass is 10.2. The smallest absolute Gasteiger partial charge is 0.149 e. The fourth-order valence-corrected chi connectivity index (χ4v) is 1.41. The second-order valence-corrected chi connectivity index (χ2v) is 2.97. The van der Waals surface area contributed by atoms with Crippen LogP contribution in [0.5, 0.6) is 0 Å². The predicted octanol–water partition coefficient (Wildman–Crippen LogP) is 2.37. The van der Waals surface area contributed by atoms with Crippen molar-refractivity contribution in [2.75, 3.05) is 0 Å². The van der Waals surface area contributed by atoms with Gasteiger partial charge in [-0.05, 0) is 12.1 Å². The van der Waals surface area contributed by atoms with Gasteiger partial charge in [0.2, 0.25) is 0 Å². The molecular formula is C8H6ClFN2. The SMILES string of the molecule is Cn1ncc2c(Cl)ccc(F)c21. The molecule has 4 heteroatoms. The quantitative estimate of drug-likeness (QED) is 0.615. The third-order valence-corrected chi connectivity index (χ3v) is 2.13. The lowest BCUT2D eigenvalue weighted by Gasteiger charge is -1.96. The summed E-state index contributed by atoms with van der Waals surface area (Å²) in [7, 11) is 1.68. The number of nitrogens with zero attached hydrogens (tertiary/aromatic N) is 2.